The Bertz CT molecular complexity index is 403. The molecule has 1 rings (SSSR count). The second-order valence-corrected chi connectivity index (χ2v) is 3.45. The van der Waals surface area contributed by atoms with E-state index in [0.29, 0.717) is 6.61 Å². The van der Waals surface area contributed by atoms with Crippen molar-refractivity contribution in [2.75, 3.05) is 11.9 Å². The summed E-state index contributed by atoms with van der Waals surface area (Å²) in [7, 11) is 0. The monoisotopic (exact) mass is 236 g/mol. The molecule has 1 aromatic carbocycles. The fourth-order valence-electron chi connectivity index (χ4n) is 1.23. The molecule has 0 bridgehead atoms. The van der Waals surface area contributed by atoms with Gasteiger partial charge in [0.05, 0.1) is 18.3 Å². The van der Waals surface area contributed by atoms with Crippen molar-refractivity contribution in [2.45, 2.75) is 19.8 Å². The summed E-state index contributed by atoms with van der Waals surface area (Å²) in [6.45, 7) is 2.29. The summed E-state index contributed by atoms with van der Waals surface area (Å²) >= 11 is 0. The van der Waals surface area contributed by atoms with Crippen LogP contribution in [0.3, 0.4) is 0 Å². The minimum absolute atomic E-state index is 0.0695. The van der Waals surface area contributed by atoms with Crippen LogP contribution in [-0.4, -0.2) is 18.7 Å². The lowest BCUT2D eigenvalue weighted by atomic mass is 10.2. The first-order valence-electron chi connectivity index (χ1n) is 5.39. The van der Waals surface area contributed by atoms with Gasteiger partial charge in [0.25, 0.3) is 0 Å². The lowest BCUT2D eigenvalue weighted by Crippen LogP contribution is -2.25. The Hall–Kier alpha value is -2.04. The highest BCUT2D eigenvalue weighted by atomic mass is 16.5. The first-order chi connectivity index (χ1) is 8.15. The molecule has 0 fully saturated rings. The molecule has 5 heteroatoms. The van der Waals surface area contributed by atoms with Gasteiger partial charge in [0.15, 0.2) is 0 Å². The van der Waals surface area contributed by atoms with Crippen molar-refractivity contribution < 1.29 is 19.4 Å². The van der Waals surface area contributed by atoms with Gasteiger partial charge in [0, 0.05) is 5.56 Å². The van der Waals surface area contributed by atoms with E-state index in [0.717, 1.165) is 12.8 Å². The number of para-hydroxylation sites is 1. The van der Waals surface area contributed by atoms with E-state index in [1.54, 1.807) is 12.1 Å². The smallest absolute Gasteiger partial charge is 0.411 e. The number of hydrogen-bond acceptors (Lipinski definition) is 4. The molecule has 0 aliphatic heterocycles. The van der Waals surface area contributed by atoms with Crippen LogP contribution in [0.1, 0.15) is 30.1 Å². The fraction of sp³-hybridized carbons (Fsp3) is 0.333. The van der Waals surface area contributed by atoms with Crippen LogP contribution in [0.2, 0.25) is 0 Å². The first kappa shape index (κ1) is 13.0. The van der Waals surface area contributed by atoms with Crippen LogP contribution in [0.25, 0.3) is 0 Å². The summed E-state index contributed by atoms with van der Waals surface area (Å²) in [6, 6.07) is 6.01. The molecule has 5 nitrogen and oxygen atoms in total. The Morgan fingerprint density at radius 2 is 2.06 bits per heavy atom. The fourth-order valence-corrected chi connectivity index (χ4v) is 1.23. The zero-order valence-corrected chi connectivity index (χ0v) is 9.56. The van der Waals surface area contributed by atoms with Crippen LogP contribution in [0.4, 0.5) is 10.5 Å². The third-order valence-corrected chi connectivity index (χ3v) is 2.11. The number of rotatable bonds is 5. The number of carboxylic acids is 1. The van der Waals surface area contributed by atoms with Crippen molar-refractivity contribution in [3.05, 3.63) is 29.8 Å². The quantitative estimate of drug-likeness (QED) is 0.784. The molecule has 0 aromatic heterocycles. The van der Waals surface area contributed by atoms with Crippen LogP contribution in [0, 0.1) is 0 Å². The number of anilines is 1. The Balaban J connectivity index is 2.61. The molecule has 17 heavy (non-hydrogen) atoms. The van der Waals surface area contributed by atoms with Crippen molar-refractivity contribution in [3.8, 4) is 0 Å². The van der Waals surface area contributed by atoms with Crippen LogP contribution >= 0.6 is 0 Å². The molecule has 0 atom stereocenters. The molecule has 0 spiro atoms. The number of nitrogens with one attached hydrogen (secondary N) is 1. The molecule has 0 aliphatic carbocycles. The molecule has 0 saturated heterocycles. The highest BCUT2D eigenvalue weighted by molar-refractivity contribution is 5.97. The van der Waals surface area contributed by atoms with Crippen LogP contribution in [-0.2, 0) is 4.74 Å². The highest BCUT2D eigenvalue weighted by Crippen LogP contribution is 2.14. The van der Waals surface area contributed by atoms with Crippen LogP contribution < -0.4 is 10.4 Å². The predicted octanol–water partition coefficient (Wildman–Crippen LogP) is 1.40. The zero-order chi connectivity index (χ0) is 12.7. The lowest BCUT2D eigenvalue weighted by Gasteiger charge is -2.11. The number of ether oxygens (including phenoxy) is 1. The van der Waals surface area contributed by atoms with Crippen molar-refractivity contribution in [3.63, 3.8) is 0 Å². The van der Waals surface area contributed by atoms with E-state index in [1.165, 1.54) is 12.1 Å². The number of carboxylic acid groups (broad SMARTS) is 1. The van der Waals surface area contributed by atoms with Gasteiger partial charge >= 0.3 is 6.09 Å². The Morgan fingerprint density at radius 1 is 1.35 bits per heavy atom. The Labute approximate surface area is 99.4 Å². The van der Waals surface area contributed by atoms with Gasteiger partial charge in [-0.2, -0.15) is 0 Å². The van der Waals surface area contributed by atoms with Crippen molar-refractivity contribution >= 4 is 17.7 Å². The van der Waals surface area contributed by atoms with E-state index in [9.17, 15) is 14.7 Å². The maximum absolute atomic E-state index is 11.3. The second kappa shape index (κ2) is 6.52. The van der Waals surface area contributed by atoms with E-state index in [2.05, 4.69) is 5.32 Å². The number of benzene rings is 1. The SMILES string of the molecule is CCCCOC(=O)Nc1ccccc1C(=O)[O-]. The largest absolute Gasteiger partial charge is 0.545 e. The molecule has 0 aliphatic rings. The van der Waals surface area contributed by atoms with Gasteiger partial charge in [-0.25, -0.2) is 4.79 Å². The van der Waals surface area contributed by atoms with E-state index in [1.807, 2.05) is 6.92 Å². The first-order valence-corrected chi connectivity index (χ1v) is 5.39. The van der Waals surface area contributed by atoms with E-state index >= 15 is 0 Å². The second-order valence-electron chi connectivity index (χ2n) is 3.45. The van der Waals surface area contributed by atoms with Gasteiger partial charge in [0.1, 0.15) is 0 Å². The maximum Gasteiger partial charge on any atom is 0.411 e. The molecule has 1 N–H and O–H groups in total. The molecule has 92 valence electrons. The number of hydrogen-bond donors (Lipinski definition) is 1. The van der Waals surface area contributed by atoms with Crippen molar-refractivity contribution in [1.82, 2.24) is 0 Å². The summed E-state index contributed by atoms with van der Waals surface area (Å²) < 4.78 is 4.86. The third-order valence-electron chi connectivity index (χ3n) is 2.11. The Morgan fingerprint density at radius 3 is 2.71 bits per heavy atom. The van der Waals surface area contributed by atoms with Crippen molar-refractivity contribution in [1.29, 1.82) is 0 Å². The zero-order valence-electron chi connectivity index (χ0n) is 9.56. The van der Waals surface area contributed by atoms with E-state index in [4.69, 9.17) is 4.74 Å². The average molecular weight is 236 g/mol. The number of carbonyl (C=O) groups is 2. The third kappa shape index (κ3) is 4.14. The van der Waals surface area contributed by atoms with Gasteiger partial charge < -0.3 is 14.6 Å². The summed E-state index contributed by atoms with van der Waals surface area (Å²) in [5, 5.41) is 13.1. The molecular weight excluding hydrogens is 222 g/mol. The van der Waals surface area contributed by atoms with Gasteiger partial charge in [-0.15, -0.1) is 0 Å². The molecule has 0 heterocycles. The van der Waals surface area contributed by atoms with Gasteiger partial charge in [-0.3, -0.25) is 5.32 Å². The van der Waals surface area contributed by atoms with E-state index in [-0.39, 0.29) is 11.3 Å². The molecule has 0 saturated carbocycles. The number of unbranched alkanes of at least 4 members (excludes halogenated alkanes) is 1. The summed E-state index contributed by atoms with van der Waals surface area (Å²) in [4.78, 5) is 22.1. The van der Waals surface area contributed by atoms with Crippen LogP contribution in [0.5, 0.6) is 0 Å². The molecule has 1 aromatic rings. The molecule has 0 unspecified atom stereocenters. The topological polar surface area (TPSA) is 78.5 Å². The van der Waals surface area contributed by atoms with Crippen LogP contribution in [0.15, 0.2) is 24.3 Å². The molecule has 0 radical (unpaired) electrons. The minimum atomic E-state index is -1.34. The summed E-state index contributed by atoms with van der Waals surface area (Å²) in [5.41, 5.74) is 0.105. The number of amides is 1. The predicted molar refractivity (Wildman–Crippen MR) is 60.7 cm³/mol. The number of carbonyl (C=O) groups excluding carboxylic acids is 2. The van der Waals surface area contributed by atoms with E-state index < -0.39 is 12.1 Å². The van der Waals surface area contributed by atoms with Crippen molar-refractivity contribution in [2.24, 2.45) is 0 Å². The van der Waals surface area contributed by atoms with Gasteiger partial charge in [-0.05, 0) is 12.5 Å². The summed E-state index contributed by atoms with van der Waals surface area (Å²) in [6.07, 6.45) is 1.03. The standard InChI is InChI=1S/C12H15NO4/c1-2-3-8-17-12(16)13-10-7-5-4-6-9(10)11(14)15/h4-7H,2-3,8H2,1H3,(H,13,16)(H,14,15)/p-1. The Kier molecular flexibility index (Phi) is 5.00. The lowest BCUT2D eigenvalue weighted by molar-refractivity contribution is -0.254. The average Bonchev–Trinajstić information content (AvgIpc) is 2.29. The number of aromatic carboxylic acids is 1. The molecular formula is C12H14NO4-. The van der Waals surface area contributed by atoms with Gasteiger partial charge in [0.2, 0.25) is 0 Å². The summed E-state index contributed by atoms with van der Waals surface area (Å²) in [5.74, 6) is -1.34. The minimum Gasteiger partial charge on any atom is -0.545 e. The molecule has 1 amide bonds. The normalized spacial score (nSPS) is 9.71. The van der Waals surface area contributed by atoms with Gasteiger partial charge in [-0.1, -0.05) is 31.5 Å². The highest BCUT2D eigenvalue weighted by Gasteiger charge is 2.07. The maximum atomic E-state index is 11.3.